The van der Waals surface area contributed by atoms with Gasteiger partial charge in [0.15, 0.2) is 0 Å². The molecule has 8 unspecified atom stereocenters. The van der Waals surface area contributed by atoms with Gasteiger partial charge in [0.2, 0.25) is 15.9 Å². The van der Waals surface area contributed by atoms with E-state index in [0.717, 1.165) is 32.1 Å². The second kappa shape index (κ2) is 11.0. The Morgan fingerprint density at radius 2 is 1.94 bits per heavy atom. The van der Waals surface area contributed by atoms with Crippen molar-refractivity contribution >= 4 is 27.5 Å². The van der Waals surface area contributed by atoms with Gasteiger partial charge in [-0.2, -0.15) is 9.57 Å². The minimum absolute atomic E-state index is 0.0286. The predicted octanol–water partition coefficient (Wildman–Crippen LogP) is 2.54. The molecule has 0 bridgehead atoms. The van der Waals surface area contributed by atoms with Crippen molar-refractivity contribution in [3.63, 3.8) is 0 Å². The number of sulfonamides is 1. The van der Waals surface area contributed by atoms with Crippen molar-refractivity contribution in [1.82, 2.24) is 9.62 Å². The van der Waals surface area contributed by atoms with E-state index >= 15 is 0 Å². The van der Waals surface area contributed by atoms with Gasteiger partial charge in [-0.3, -0.25) is 4.79 Å². The molecule has 4 fully saturated rings. The normalized spacial score (nSPS) is 41.8. The number of halogens is 1. The molecule has 1 aliphatic heterocycles. The molecule has 0 aromatic heterocycles. The average molecular weight is 516 g/mol. The van der Waals surface area contributed by atoms with Gasteiger partial charge in [-0.1, -0.05) is 19.8 Å². The van der Waals surface area contributed by atoms with Crippen molar-refractivity contribution in [2.24, 2.45) is 17.8 Å². The summed E-state index contributed by atoms with van der Waals surface area (Å²) in [4.78, 5) is 13.1. The predicted molar refractivity (Wildman–Crippen MR) is 128 cm³/mol. The highest BCUT2D eigenvalue weighted by molar-refractivity contribution is 7.89. The number of fused-ring (bicyclic) bond motifs is 1. The smallest absolute Gasteiger partial charge is 0.225 e. The van der Waals surface area contributed by atoms with Gasteiger partial charge in [-0.15, -0.1) is 11.6 Å². The van der Waals surface area contributed by atoms with Gasteiger partial charge in [-0.05, 0) is 57.3 Å². The molecule has 2 N–H and O–H groups in total. The molecule has 3 aliphatic carbocycles. The van der Waals surface area contributed by atoms with Gasteiger partial charge in [0.25, 0.3) is 0 Å². The number of carbonyl (C=O) groups excluding carboxylic acids is 1. The van der Waals surface area contributed by atoms with E-state index in [4.69, 9.17) is 16.3 Å². The minimum Gasteiger partial charge on any atom is -0.394 e. The fraction of sp³-hybridized carbons (Fsp3) is 0.917. The Hall–Kier alpha value is -0.920. The van der Waals surface area contributed by atoms with Crippen molar-refractivity contribution in [1.29, 1.82) is 5.26 Å². The molecular formula is C24H38ClN3O5S. The number of ether oxygens (including phenoxy) is 1. The lowest BCUT2D eigenvalue weighted by Gasteiger charge is -2.49. The van der Waals surface area contributed by atoms with Crippen LogP contribution in [0.3, 0.4) is 0 Å². The molecule has 0 spiro atoms. The number of alkyl halides is 1. The molecule has 1 heterocycles. The molecule has 34 heavy (non-hydrogen) atoms. The van der Waals surface area contributed by atoms with Crippen molar-refractivity contribution in [2.45, 2.75) is 106 Å². The van der Waals surface area contributed by atoms with Crippen LogP contribution >= 0.6 is 11.6 Å². The number of hydrogen-bond donors (Lipinski definition) is 2. The number of amides is 1. The van der Waals surface area contributed by atoms with Gasteiger partial charge >= 0.3 is 0 Å². The first-order chi connectivity index (χ1) is 16.2. The SMILES string of the molecule is CC1CCCC(Cl)C1C(=O)NC1CCC2O[C@@H](CO)CN(S(=O)(=O)C3CCCC(C#N)C3)C2C1. The van der Waals surface area contributed by atoms with Crippen LogP contribution in [0, 0.1) is 29.1 Å². The van der Waals surface area contributed by atoms with Gasteiger partial charge in [0, 0.05) is 23.9 Å². The summed E-state index contributed by atoms with van der Waals surface area (Å²) in [5, 5.41) is 21.5. The highest BCUT2D eigenvalue weighted by Gasteiger charge is 2.49. The average Bonchev–Trinajstić information content (AvgIpc) is 2.83. The van der Waals surface area contributed by atoms with E-state index in [1.165, 1.54) is 0 Å². The van der Waals surface area contributed by atoms with Crippen LogP contribution in [0.25, 0.3) is 0 Å². The van der Waals surface area contributed by atoms with Crippen LogP contribution in [-0.2, 0) is 19.6 Å². The first-order valence-electron chi connectivity index (χ1n) is 12.9. The van der Waals surface area contributed by atoms with Crippen LogP contribution in [0.1, 0.15) is 71.1 Å². The number of nitrogens with one attached hydrogen (secondary N) is 1. The zero-order valence-electron chi connectivity index (χ0n) is 19.9. The Morgan fingerprint density at radius 1 is 1.18 bits per heavy atom. The Labute approximate surface area is 208 Å². The topological polar surface area (TPSA) is 120 Å². The maximum Gasteiger partial charge on any atom is 0.225 e. The van der Waals surface area contributed by atoms with E-state index in [1.807, 2.05) is 0 Å². The minimum atomic E-state index is -3.67. The number of carbonyl (C=O) groups is 1. The summed E-state index contributed by atoms with van der Waals surface area (Å²) in [6, 6.07) is 1.72. The fourth-order valence-corrected chi connectivity index (χ4v) is 9.34. The summed E-state index contributed by atoms with van der Waals surface area (Å²) in [7, 11) is -3.67. The molecule has 192 valence electrons. The highest BCUT2D eigenvalue weighted by Crippen LogP contribution is 2.38. The van der Waals surface area contributed by atoms with Crippen LogP contribution in [0.2, 0.25) is 0 Å². The number of morpholine rings is 1. The van der Waals surface area contributed by atoms with Gasteiger partial charge in [0.05, 0.1) is 42.1 Å². The molecule has 1 amide bonds. The largest absolute Gasteiger partial charge is 0.394 e. The number of nitriles is 1. The third-order valence-corrected chi connectivity index (χ3v) is 11.3. The van der Waals surface area contributed by atoms with Crippen molar-refractivity contribution in [3.8, 4) is 6.07 Å². The van der Waals surface area contributed by atoms with Crippen LogP contribution in [-0.4, -0.2) is 71.8 Å². The number of aliphatic hydroxyl groups excluding tert-OH is 1. The van der Waals surface area contributed by atoms with Crippen LogP contribution in [0.4, 0.5) is 0 Å². The third kappa shape index (κ3) is 5.41. The zero-order valence-corrected chi connectivity index (χ0v) is 21.5. The number of hydrogen-bond acceptors (Lipinski definition) is 6. The maximum absolute atomic E-state index is 13.8. The summed E-state index contributed by atoms with van der Waals surface area (Å²) < 4.78 is 35.1. The highest BCUT2D eigenvalue weighted by atomic mass is 35.5. The molecule has 0 aromatic rings. The Balaban J connectivity index is 1.49. The molecule has 3 saturated carbocycles. The van der Waals surface area contributed by atoms with Gasteiger partial charge in [0.1, 0.15) is 0 Å². The lowest BCUT2D eigenvalue weighted by atomic mass is 9.79. The quantitative estimate of drug-likeness (QED) is 0.543. The van der Waals surface area contributed by atoms with Crippen LogP contribution < -0.4 is 5.32 Å². The first kappa shape index (κ1) is 26.2. The molecule has 4 aliphatic rings. The lowest BCUT2D eigenvalue weighted by molar-refractivity contribution is -0.134. The standard InChI is InChI=1S/C24H38ClN3O5S/c1-15-4-2-7-20(25)23(15)24(30)27-17-8-9-22-21(11-17)28(13-18(14-29)33-22)34(31,32)19-6-3-5-16(10-19)12-26/h15-23,29H,2-11,13-14H2,1H3,(H,27,30)/t15?,16?,17?,18-,19?,20?,21?,22?,23?/m1/s1. The molecule has 4 rings (SSSR count). The second-order valence-corrected chi connectivity index (χ2v) is 13.5. The third-order valence-electron chi connectivity index (χ3n) is 8.43. The van der Waals surface area contributed by atoms with Crippen LogP contribution in [0.15, 0.2) is 0 Å². The van der Waals surface area contributed by atoms with E-state index in [1.54, 1.807) is 4.31 Å². The molecule has 8 nitrogen and oxygen atoms in total. The number of aliphatic hydroxyl groups is 1. The van der Waals surface area contributed by atoms with Crippen molar-refractivity contribution in [2.75, 3.05) is 13.2 Å². The first-order valence-corrected chi connectivity index (χ1v) is 14.8. The molecular weight excluding hydrogens is 478 g/mol. The molecule has 9 atom stereocenters. The van der Waals surface area contributed by atoms with Crippen molar-refractivity contribution < 1.29 is 23.1 Å². The Morgan fingerprint density at radius 3 is 2.65 bits per heavy atom. The lowest BCUT2D eigenvalue weighted by Crippen LogP contribution is -2.63. The summed E-state index contributed by atoms with van der Waals surface area (Å²) in [6.45, 7) is 1.95. The van der Waals surface area contributed by atoms with Crippen LogP contribution in [0.5, 0.6) is 0 Å². The second-order valence-electron chi connectivity index (χ2n) is 10.7. The Kier molecular flexibility index (Phi) is 8.46. The van der Waals surface area contributed by atoms with E-state index < -0.39 is 21.4 Å². The Bertz CT molecular complexity index is 870. The summed E-state index contributed by atoms with van der Waals surface area (Å²) in [5.41, 5.74) is 0. The summed E-state index contributed by atoms with van der Waals surface area (Å²) >= 11 is 6.51. The van der Waals surface area contributed by atoms with Crippen molar-refractivity contribution in [3.05, 3.63) is 0 Å². The number of rotatable bonds is 5. The van der Waals surface area contributed by atoms with Gasteiger partial charge in [-0.25, -0.2) is 8.42 Å². The fourth-order valence-electron chi connectivity index (χ4n) is 6.53. The maximum atomic E-state index is 13.8. The van der Waals surface area contributed by atoms with E-state index in [-0.39, 0.29) is 60.4 Å². The number of nitrogens with zero attached hydrogens (tertiary/aromatic N) is 2. The van der Waals surface area contributed by atoms with E-state index in [9.17, 15) is 23.6 Å². The summed E-state index contributed by atoms with van der Waals surface area (Å²) in [5.74, 6) is -0.260. The van der Waals surface area contributed by atoms with E-state index in [0.29, 0.717) is 32.1 Å². The molecule has 0 aromatic carbocycles. The monoisotopic (exact) mass is 515 g/mol. The molecule has 1 saturated heterocycles. The summed E-state index contributed by atoms with van der Waals surface area (Å²) in [6.07, 6.45) is 6.18. The zero-order chi connectivity index (χ0) is 24.5. The van der Waals surface area contributed by atoms with E-state index in [2.05, 4.69) is 18.3 Å². The molecule has 0 radical (unpaired) electrons. The van der Waals surface area contributed by atoms with Gasteiger partial charge < -0.3 is 15.2 Å². The molecule has 10 heteroatoms.